The Balaban J connectivity index is 1.43. The smallest absolute Gasteiger partial charge is 0.258 e. The fourth-order valence-electron chi connectivity index (χ4n) is 3.85. The van der Waals surface area contributed by atoms with E-state index in [0.29, 0.717) is 23.9 Å². The second-order valence-corrected chi connectivity index (χ2v) is 7.62. The van der Waals surface area contributed by atoms with E-state index in [-0.39, 0.29) is 24.9 Å². The van der Waals surface area contributed by atoms with E-state index in [1.54, 1.807) is 28.9 Å². The predicted octanol–water partition coefficient (Wildman–Crippen LogP) is 3.36. The Kier molecular flexibility index (Phi) is 5.03. The minimum absolute atomic E-state index is 0.0671. The molecule has 0 bridgehead atoms. The molecule has 2 aromatic heterocycles. The standard InChI is InChI=1S/C24H21N5O3/c1-17-25-26-22(32-17)15-28-14-19-6-2-3-7-21(19)29(16-23(28)30)24(31)18-8-10-20(11-9-18)27-12-4-5-13-27/h2-13H,14-16H2,1H3. The molecule has 2 amide bonds. The first-order valence-corrected chi connectivity index (χ1v) is 10.3. The third kappa shape index (κ3) is 3.78. The van der Waals surface area contributed by atoms with Gasteiger partial charge in [0, 0.05) is 42.8 Å². The van der Waals surface area contributed by atoms with Gasteiger partial charge in [0.1, 0.15) is 6.54 Å². The van der Waals surface area contributed by atoms with E-state index in [9.17, 15) is 9.59 Å². The number of carbonyl (C=O) groups is 2. The molecule has 0 saturated heterocycles. The molecule has 4 aromatic rings. The number of carbonyl (C=O) groups excluding carboxylic acids is 2. The minimum atomic E-state index is -0.222. The maximum Gasteiger partial charge on any atom is 0.258 e. The van der Waals surface area contributed by atoms with Gasteiger partial charge in [-0.2, -0.15) is 0 Å². The summed E-state index contributed by atoms with van der Waals surface area (Å²) >= 11 is 0. The average molecular weight is 427 g/mol. The maximum atomic E-state index is 13.4. The van der Waals surface area contributed by atoms with Crippen LogP contribution in [0.2, 0.25) is 0 Å². The van der Waals surface area contributed by atoms with Gasteiger partial charge in [-0.3, -0.25) is 14.5 Å². The van der Waals surface area contributed by atoms with Crippen LogP contribution in [-0.4, -0.2) is 38.0 Å². The lowest BCUT2D eigenvalue weighted by atomic mass is 10.1. The van der Waals surface area contributed by atoms with Crippen molar-refractivity contribution in [2.45, 2.75) is 20.0 Å². The Labute approximate surface area is 184 Å². The highest BCUT2D eigenvalue weighted by Crippen LogP contribution is 2.28. The van der Waals surface area contributed by atoms with Crippen LogP contribution in [0, 0.1) is 6.92 Å². The fraction of sp³-hybridized carbons (Fsp3) is 0.167. The van der Waals surface area contributed by atoms with Crippen molar-refractivity contribution < 1.29 is 14.0 Å². The summed E-state index contributed by atoms with van der Waals surface area (Å²) in [6, 6.07) is 18.8. The lowest BCUT2D eigenvalue weighted by Crippen LogP contribution is -2.40. The quantitative estimate of drug-likeness (QED) is 0.499. The van der Waals surface area contributed by atoms with Crippen molar-refractivity contribution in [2.24, 2.45) is 0 Å². The summed E-state index contributed by atoms with van der Waals surface area (Å²) in [6.07, 6.45) is 3.89. The molecule has 2 aromatic carbocycles. The maximum absolute atomic E-state index is 13.4. The molecule has 160 valence electrons. The van der Waals surface area contributed by atoms with Crippen LogP contribution in [0.1, 0.15) is 27.7 Å². The van der Waals surface area contributed by atoms with Gasteiger partial charge in [-0.25, -0.2) is 0 Å². The van der Waals surface area contributed by atoms with E-state index in [4.69, 9.17) is 4.42 Å². The highest BCUT2D eigenvalue weighted by molar-refractivity contribution is 6.09. The van der Waals surface area contributed by atoms with E-state index in [1.807, 2.05) is 65.5 Å². The molecule has 0 unspecified atom stereocenters. The molecule has 5 rings (SSSR count). The van der Waals surface area contributed by atoms with Gasteiger partial charge in [-0.05, 0) is 48.0 Å². The number of rotatable bonds is 4. The molecule has 0 N–H and O–H groups in total. The van der Waals surface area contributed by atoms with Gasteiger partial charge < -0.3 is 13.9 Å². The third-order valence-electron chi connectivity index (χ3n) is 5.45. The molecule has 8 nitrogen and oxygen atoms in total. The molecule has 0 aliphatic carbocycles. The van der Waals surface area contributed by atoms with Crippen molar-refractivity contribution in [3.8, 4) is 5.69 Å². The molecule has 0 saturated carbocycles. The van der Waals surface area contributed by atoms with Crippen molar-refractivity contribution in [3.63, 3.8) is 0 Å². The van der Waals surface area contributed by atoms with Crippen molar-refractivity contribution >= 4 is 17.5 Å². The second kappa shape index (κ2) is 8.14. The van der Waals surface area contributed by atoms with Crippen LogP contribution in [0.3, 0.4) is 0 Å². The van der Waals surface area contributed by atoms with Crippen molar-refractivity contribution in [1.82, 2.24) is 19.7 Å². The molecule has 3 heterocycles. The van der Waals surface area contributed by atoms with Crippen LogP contribution in [0.25, 0.3) is 5.69 Å². The fourth-order valence-corrected chi connectivity index (χ4v) is 3.85. The summed E-state index contributed by atoms with van der Waals surface area (Å²) in [4.78, 5) is 29.7. The largest absolute Gasteiger partial charge is 0.424 e. The molecule has 0 radical (unpaired) electrons. The van der Waals surface area contributed by atoms with Gasteiger partial charge in [0.2, 0.25) is 17.7 Å². The third-order valence-corrected chi connectivity index (χ3v) is 5.45. The first-order valence-electron chi connectivity index (χ1n) is 10.3. The summed E-state index contributed by atoms with van der Waals surface area (Å²) in [6.45, 7) is 2.19. The summed E-state index contributed by atoms with van der Waals surface area (Å²) in [5.74, 6) is 0.409. The summed E-state index contributed by atoms with van der Waals surface area (Å²) < 4.78 is 7.42. The van der Waals surface area contributed by atoms with Crippen molar-refractivity contribution in [3.05, 3.63) is 96.0 Å². The van der Waals surface area contributed by atoms with Gasteiger partial charge in [-0.1, -0.05) is 18.2 Å². The van der Waals surface area contributed by atoms with Crippen molar-refractivity contribution in [2.75, 3.05) is 11.4 Å². The van der Waals surface area contributed by atoms with Gasteiger partial charge in [-0.15, -0.1) is 10.2 Å². The van der Waals surface area contributed by atoms with Crippen molar-refractivity contribution in [1.29, 1.82) is 0 Å². The molecule has 1 aliphatic rings. The normalized spacial score (nSPS) is 13.7. The highest BCUT2D eigenvalue weighted by Gasteiger charge is 2.30. The lowest BCUT2D eigenvalue weighted by Gasteiger charge is -2.22. The molecular formula is C24H21N5O3. The number of para-hydroxylation sites is 1. The molecular weight excluding hydrogens is 406 g/mol. The first-order chi connectivity index (χ1) is 15.6. The van der Waals surface area contributed by atoms with E-state index in [1.165, 1.54) is 0 Å². The zero-order chi connectivity index (χ0) is 22.1. The van der Waals surface area contributed by atoms with E-state index in [0.717, 1.165) is 16.9 Å². The summed E-state index contributed by atoms with van der Waals surface area (Å²) in [5, 5.41) is 7.83. The van der Waals surface area contributed by atoms with Gasteiger partial charge in [0.25, 0.3) is 5.91 Å². The molecule has 0 fully saturated rings. The molecule has 0 atom stereocenters. The summed E-state index contributed by atoms with van der Waals surface area (Å²) in [7, 11) is 0. The average Bonchev–Trinajstić information content (AvgIpc) is 3.46. The number of aryl methyl sites for hydroxylation is 1. The zero-order valence-electron chi connectivity index (χ0n) is 17.5. The Morgan fingerprint density at radius 2 is 1.72 bits per heavy atom. The SMILES string of the molecule is Cc1nnc(CN2Cc3ccccc3N(C(=O)c3ccc(-n4cccc4)cc3)CC2=O)o1. The van der Waals surface area contributed by atoms with Gasteiger partial charge >= 0.3 is 0 Å². The van der Waals surface area contributed by atoms with E-state index >= 15 is 0 Å². The topological polar surface area (TPSA) is 84.5 Å². The van der Waals surface area contributed by atoms with Crippen LogP contribution in [0.5, 0.6) is 0 Å². The second-order valence-electron chi connectivity index (χ2n) is 7.62. The number of hydrogen-bond acceptors (Lipinski definition) is 5. The zero-order valence-corrected chi connectivity index (χ0v) is 17.5. The van der Waals surface area contributed by atoms with E-state index in [2.05, 4.69) is 10.2 Å². The van der Waals surface area contributed by atoms with Crippen LogP contribution in [0.4, 0.5) is 5.69 Å². The Bertz CT molecular complexity index is 1260. The van der Waals surface area contributed by atoms with Crippen LogP contribution in [0.15, 0.2) is 77.5 Å². The number of benzene rings is 2. The predicted molar refractivity (Wildman–Crippen MR) is 117 cm³/mol. The van der Waals surface area contributed by atoms with E-state index < -0.39 is 0 Å². The number of fused-ring (bicyclic) bond motifs is 1. The number of aromatic nitrogens is 3. The number of amides is 2. The van der Waals surface area contributed by atoms with Gasteiger partial charge in [0.05, 0.1) is 6.54 Å². The summed E-state index contributed by atoms with van der Waals surface area (Å²) in [5.41, 5.74) is 3.08. The lowest BCUT2D eigenvalue weighted by molar-refractivity contribution is -0.131. The number of hydrogen-bond donors (Lipinski definition) is 0. The number of anilines is 1. The monoisotopic (exact) mass is 427 g/mol. The van der Waals surface area contributed by atoms with Crippen LogP contribution in [-0.2, 0) is 17.9 Å². The van der Waals surface area contributed by atoms with Gasteiger partial charge in [0.15, 0.2) is 0 Å². The Hall–Kier alpha value is -4.20. The Morgan fingerprint density at radius 1 is 0.969 bits per heavy atom. The highest BCUT2D eigenvalue weighted by atomic mass is 16.4. The minimum Gasteiger partial charge on any atom is -0.424 e. The molecule has 1 aliphatic heterocycles. The molecule has 32 heavy (non-hydrogen) atoms. The number of nitrogens with zero attached hydrogens (tertiary/aromatic N) is 5. The molecule has 8 heteroatoms. The Morgan fingerprint density at radius 3 is 2.44 bits per heavy atom. The van der Waals surface area contributed by atoms with Crippen LogP contribution < -0.4 is 4.90 Å². The van der Waals surface area contributed by atoms with Crippen LogP contribution >= 0.6 is 0 Å². The molecule has 0 spiro atoms. The first kappa shape index (κ1) is 19.7.